The Morgan fingerprint density at radius 2 is 2.17 bits per heavy atom. The van der Waals surface area contributed by atoms with Crippen LogP contribution in [0.5, 0.6) is 0 Å². The lowest BCUT2D eigenvalue weighted by molar-refractivity contribution is 1.39. The number of allylic oxidation sites excluding steroid dienone is 4. The van der Waals surface area contributed by atoms with Crippen LogP contribution in [-0.2, 0) is 0 Å². The number of aryl methyl sites for hydroxylation is 1. The maximum Gasteiger partial charge on any atom is -0.00884 e. The Morgan fingerprint density at radius 1 is 1.25 bits per heavy atom. The van der Waals surface area contributed by atoms with E-state index < -0.39 is 0 Å². The van der Waals surface area contributed by atoms with E-state index in [-0.39, 0.29) is 0 Å². The van der Waals surface area contributed by atoms with Gasteiger partial charge >= 0.3 is 0 Å². The number of hydrogen-bond acceptors (Lipinski definition) is 0. The largest absolute Gasteiger partial charge is 0.0801 e. The molecule has 0 atom stereocenters. The van der Waals surface area contributed by atoms with Gasteiger partial charge in [-0.05, 0) is 24.5 Å². The Balaban J connectivity index is 2.35. The average Bonchev–Trinajstić information content (AvgIpc) is 2.56. The summed E-state index contributed by atoms with van der Waals surface area (Å²) in [5, 5.41) is 0. The molecular formula is C12H12. The highest BCUT2D eigenvalue weighted by atomic mass is 14.1. The highest BCUT2D eigenvalue weighted by Gasteiger charge is 2.01. The molecule has 60 valence electrons. The van der Waals surface area contributed by atoms with Crippen LogP contribution in [0.25, 0.3) is 5.57 Å². The van der Waals surface area contributed by atoms with Crippen LogP contribution in [0.15, 0.2) is 42.5 Å². The topological polar surface area (TPSA) is 0 Å². The summed E-state index contributed by atoms with van der Waals surface area (Å²) in [7, 11) is 0. The van der Waals surface area contributed by atoms with Gasteiger partial charge in [-0.15, -0.1) is 0 Å². The summed E-state index contributed by atoms with van der Waals surface area (Å²) in [5.41, 5.74) is 4.12. The summed E-state index contributed by atoms with van der Waals surface area (Å²) >= 11 is 0. The van der Waals surface area contributed by atoms with Crippen LogP contribution < -0.4 is 0 Å². The second kappa shape index (κ2) is 2.98. The van der Waals surface area contributed by atoms with Crippen LogP contribution in [0, 0.1) is 6.92 Å². The Labute approximate surface area is 73.2 Å². The third kappa shape index (κ3) is 1.33. The van der Waals surface area contributed by atoms with E-state index in [9.17, 15) is 0 Å². The zero-order valence-electron chi connectivity index (χ0n) is 7.25. The van der Waals surface area contributed by atoms with Crippen molar-refractivity contribution in [2.75, 3.05) is 0 Å². The second-order valence-corrected chi connectivity index (χ2v) is 3.19. The molecule has 0 heterocycles. The van der Waals surface area contributed by atoms with Gasteiger partial charge < -0.3 is 0 Å². The predicted octanol–water partition coefficient (Wildman–Crippen LogP) is 3.34. The van der Waals surface area contributed by atoms with E-state index in [1.165, 1.54) is 16.7 Å². The maximum atomic E-state index is 2.23. The Morgan fingerprint density at radius 3 is 2.83 bits per heavy atom. The fourth-order valence-corrected chi connectivity index (χ4v) is 1.51. The monoisotopic (exact) mass is 156 g/mol. The van der Waals surface area contributed by atoms with E-state index in [4.69, 9.17) is 0 Å². The van der Waals surface area contributed by atoms with Crippen LogP contribution >= 0.6 is 0 Å². The van der Waals surface area contributed by atoms with Crippen molar-refractivity contribution in [2.45, 2.75) is 13.3 Å². The van der Waals surface area contributed by atoms with E-state index in [0.717, 1.165) is 6.42 Å². The van der Waals surface area contributed by atoms with Crippen molar-refractivity contribution in [2.24, 2.45) is 0 Å². The zero-order chi connectivity index (χ0) is 8.39. The second-order valence-electron chi connectivity index (χ2n) is 3.19. The maximum absolute atomic E-state index is 2.23. The van der Waals surface area contributed by atoms with Gasteiger partial charge in [0.15, 0.2) is 0 Å². The zero-order valence-corrected chi connectivity index (χ0v) is 7.25. The molecule has 0 fully saturated rings. The fourth-order valence-electron chi connectivity index (χ4n) is 1.51. The summed E-state index contributed by atoms with van der Waals surface area (Å²) in [6.07, 6.45) is 7.59. The molecule has 12 heavy (non-hydrogen) atoms. The van der Waals surface area contributed by atoms with Crippen molar-refractivity contribution in [1.29, 1.82) is 0 Å². The molecule has 0 aromatic heterocycles. The van der Waals surface area contributed by atoms with Crippen molar-refractivity contribution in [3.05, 3.63) is 53.6 Å². The molecule has 0 nitrogen and oxygen atoms in total. The minimum Gasteiger partial charge on any atom is -0.0801 e. The molecule has 0 aliphatic heterocycles. The molecule has 0 saturated carbocycles. The van der Waals surface area contributed by atoms with Crippen molar-refractivity contribution in [3.8, 4) is 0 Å². The van der Waals surface area contributed by atoms with E-state index in [1.54, 1.807) is 0 Å². The third-order valence-corrected chi connectivity index (χ3v) is 2.16. The quantitative estimate of drug-likeness (QED) is 0.585. The first-order valence-corrected chi connectivity index (χ1v) is 4.29. The molecule has 1 aliphatic carbocycles. The molecule has 0 spiro atoms. The Kier molecular flexibility index (Phi) is 1.83. The molecular weight excluding hydrogens is 144 g/mol. The molecule has 0 saturated heterocycles. The van der Waals surface area contributed by atoms with Gasteiger partial charge in [0.05, 0.1) is 0 Å². The number of benzene rings is 1. The van der Waals surface area contributed by atoms with Crippen LogP contribution in [0.2, 0.25) is 0 Å². The number of hydrogen-bond donors (Lipinski definition) is 0. The van der Waals surface area contributed by atoms with Crippen molar-refractivity contribution in [1.82, 2.24) is 0 Å². The fraction of sp³-hybridized carbons (Fsp3) is 0.167. The molecule has 0 N–H and O–H groups in total. The molecule has 0 amide bonds. The summed E-state index contributed by atoms with van der Waals surface area (Å²) in [4.78, 5) is 0. The molecule has 1 aromatic carbocycles. The van der Waals surface area contributed by atoms with Gasteiger partial charge in [0.2, 0.25) is 0 Å². The van der Waals surface area contributed by atoms with E-state index in [2.05, 4.69) is 49.4 Å². The van der Waals surface area contributed by atoms with E-state index in [0.29, 0.717) is 0 Å². The van der Waals surface area contributed by atoms with Gasteiger partial charge in [0, 0.05) is 0 Å². The lowest BCUT2D eigenvalue weighted by atomic mass is 10.0. The molecule has 1 aliphatic rings. The summed E-state index contributed by atoms with van der Waals surface area (Å²) in [5.74, 6) is 0. The molecule has 0 unspecified atom stereocenters. The smallest absolute Gasteiger partial charge is 0.00884 e. The van der Waals surface area contributed by atoms with Crippen LogP contribution in [-0.4, -0.2) is 0 Å². The summed E-state index contributed by atoms with van der Waals surface area (Å²) in [6, 6.07) is 8.65. The standard InChI is InChI=1S/C12H12/c1-10-5-4-8-12(9-10)11-6-2-3-7-11/h2-6,8-9H,7H2,1H3. The third-order valence-electron chi connectivity index (χ3n) is 2.16. The summed E-state index contributed by atoms with van der Waals surface area (Å²) in [6.45, 7) is 2.13. The first kappa shape index (κ1) is 7.35. The molecule has 2 rings (SSSR count). The minimum absolute atomic E-state index is 1.09. The molecule has 0 heteroatoms. The minimum atomic E-state index is 1.09. The van der Waals surface area contributed by atoms with E-state index >= 15 is 0 Å². The first-order valence-electron chi connectivity index (χ1n) is 4.29. The van der Waals surface area contributed by atoms with Crippen LogP contribution in [0.1, 0.15) is 17.5 Å². The predicted molar refractivity (Wildman–Crippen MR) is 52.9 cm³/mol. The normalized spacial score (nSPS) is 14.9. The summed E-state index contributed by atoms with van der Waals surface area (Å²) < 4.78 is 0. The van der Waals surface area contributed by atoms with Crippen molar-refractivity contribution < 1.29 is 0 Å². The average molecular weight is 156 g/mol. The highest BCUT2D eigenvalue weighted by molar-refractivity contribution is 5.71. The molecule has 0 bridgehead atoms. The molecule has 0 radical (unpaired) electrons. The Bertz CT molecular complexity index is 343. The van der Waals surface area contributed by atoms with Crippen LogP contribution in [0.4, 0.5) is 0 Å². The molecule has 1 aromatic rings. The van der Waals surface area contributed by atoms with Gasteiger partial charge in [-0.25, -0.2) is 0 Å². The lowest BCUT2D eigenvalue weighted by Gasteiger charge is -2.02. The van der Waals surface area contributed by atoms with Gasteiger partial charge in [-0.1, -0.05) is 48.1 Å². The first-order chi connectivity index (χ1) is 5.86. The van der Waals surface area contributed by atoms with Crippen LogP contribution in [0.3, 0.4) is 0 Å². The van der Waals surface area contributed by atoms with Crippen molar-refractivity contribution >= 4 is 5.57 Å². The lowest BCUT2D eigenvalue weighted by Crippen LogP contribution is -1.81. The van der Waals surface area contributed by atoms with Gasteiger partial charge in [0.25, 0.3) is 0 Å². The van der Waals surface area contributed by atoms with Crippen molar-refractivity contribution in [3.63, 3.8) is 0 Å². The van der Waals surface area contributed by atoms with Gasteiger partial charge in [0.1, 0.15) is 0 Å². The highest BCUT2D eigenvalue weighted by Crippen LogP contribution is 2.23. The number of rotatable bonds is 1. The van der Waals surface area contributed by atoms with Gasteiger partial charge in [-0.2, -0.15) is 0 Å². The SMILES string of the molecule is Cc1cccc(C2=CC=CC2)c1. The van der Waals surface area contributed by atoms with Gasteiger partial charge in [-0.3, -0.25) is 0 Å². The van der Waals surface area contributed by atoms with E-state index in [1.807, 2.05) is 0 Å². The Hall–Kier alpha value is -1.30.